The highest BCUT2D eigenvalue weighted by atomic mass is 19.1. The van der Waals surface area contributed by atoms with Gasteiger partial charge >= 0.3 is 5.97 Å². The Balaban J connectivity index is 2.35. The van der Waals surface area contributed by atoms with Gasteiger partial charge in [-0.15, -0.1) is 0 Å². The lowest BCUT2D eigenvalue weighted by molar-refractivity contribution is -0.139. The Hall–Kier alpha value is -2.43. The van der Waals surface area contributed by atoms with Crippen LogP contribution in [0.25, 0.3) is 11.3 Å². The Kier molecular flexibility index (Phi) is 3.75. The second-order valence-corrected chi connectivity index (χ2v) is 3.92. The second-order valence-electron chi connectivity index (χ2n) is 3.92. The summed E-state index contributed by atoms with van der Waals surface area (Å²) in [5.74, 6) is -0.956. The first-order chi connectivity index (χ1) is 9.10. The van der Waals surface area contributed by atoms with E-state index in [0.717, 1.165) is 5.56 Å². The zero-order valence-corrected chi connectivity index (χ0v) is 10.3. The molecule has 0 aliphatic carbocycles. The van der Waals surface area contributed by atoms with Gasteiger partial charge in [-0.1, -0.05) is 0 Å². The lowest BCUT2D eigenvalue weighted by atomic mass is 10.1. The third-order valence-corrected chi connectivity index (χ3v) is 2.62. The van der Waals surface area contributed by atoms with Gasteiger partial charge in [0.05, 0.1) is 24.9 Å². The molecule has 0 bridgehead atoms. The lowest BCUT2D eigenvalue weighted by Crippen LogP contribution is -2.08. The maximum Gasteiger partial charge on any atom is 0.311 e. The maximum absolute atomic E-state index is 13.5. The molecule has 0 atom stereocenters. The highest BCUT2D eigenvalue weighted by molar-refractivity contribution is 5.72. The van der Waals surface area contributed by atoms with Crippen LogP contribution in [0.1, 0.15) is 5.69 Å². The summed E-state index contributed by atoms with van der Waals surface area (Å²) in [6.07, 6.45) is -0.214. The average molecular weight is 261 g/mol. The Morgan fingerprint density at radius 3 is 2.58 bits per heavy atom. The van der Waals surface area contributed by atoms with Gasteiger partial charge in [0.1, 0.15) is 11.6 Å². The largest absolute Gasteiger partial charge is 0.508 e. The minimum Gasteiger partial charge on any atom is -0.508 e. The topological polar surface area (TPSA) is 59.4 Å². The van der Waals surface area contributed by atoms with Crippen molar-refractivity contribution in [2.75, 3.05) is 7.11 Å². The standard InChI is InChI=1S/C14H12FNO3/c1-19-14(18)8-13-11(15)6-7-12(16-13)9-2-4-10(17)5-3-9/h2-7,17H,8H2,1H3. The summed E-state index contributed by atoms with van der Waals surface area (Å²) in [6.45, 7) is 0. The third-order valence-electron chi connectivity index (χ3n) is 2.62. The number of nitrogens with zero attached hydrogens (tertiary/aromatic N) is 1. The molecule has 0 unspecified atom stereocenters. The number of aromatic hydroxyl groups is 1. The van der Waals surface area contributed by atoms with Crippen LogP contribution in [0.5, 0.6) is 5.75 Å². The Bertz CT molecular complexity index is 596. The summed E-state index contributed by atoms with van der Waals surface area (Å²) in [5.41, 5.74) is 1.29. The van der Waals surface area contributed by atoms with E-state index in [-0.39, 0.29) is 17.9 Å². The van der Waals surface area contributed by atoms with Crippen LogP contribution in [0, 0.1) is 5.82 Å². The quantitative estimate of drug-likeness (QED) is 0.861. The monoisotopic (exact) mass is 261 g/mol. The zero-order chi connectivity index (χ0) is 13.8. The molecule has 2 aromatic rings. The molecule has 1 aromatic heterocycles. The first-order valence-electron chi connectivity index (χ1n) is 5.62. The van der Waals surface area contributed by atoms with Crippen LogP contribution in [-0.4, -0.2) is 23.2 Å². The average Bonchev–Trinajstić information content (AvgIpc) is 2.42. The number of methoxy groups -OCH3 is 1. The number of rotatable bonds is 3. The molecule has 0 spiro atoms. The number of carbonyl (C=O) groups excluding carboxylic acids is 1. The van der Waals surface area contributed by atoms with E-state index >= 15 is 0 Å². The zero-order valence-electron chi connectivity index (χ0n) is 10.3. The molecule has 1 aromatic carbocycles. The van der Waals surface area contributed by atoms with Crippen molar-refractivity contribution >= 4 is 5.97 Å². The van der Waals surface area contributed by atoms with Crippen molar-refractivity contribution in [3.63, 3.8) is 0 Å². The van der Waals surface area contributed by atoms with Crippen LogP contribution in [-0.2, 0) is 16.0 Å². The Labute approximate surface area is 109 Å². The Morgan fingerprint density at radius 1 is 1.26 bits per heavy atom. The summed E-state index contributed by atoms with van der Waals surface area (Å²) in [4.78, 5) is 15.3. The van der Waals surface area contributed by atoms with Crippen LogP contribution in [0.3, 0.4) is 0 Å². The van der Waals surface area contributed by atoms with Crippen molar-refractivity contribution in [1.82, 2.24) is 4.98 Å². The van der Waals surface area contributed by atoms with Gasteiger partial charge in [-0.25, -0.2) is 9.37 Å². The van der Waals surface area contributed by atoms with Crippen LogP contribution in [0.2, 0.25) is 0 Å². The molecule has 2 rings (SSSR count). The number of esters is 1. The summed E-state index contributed by atoms with van der Waals surface area (Å²) >= 11 is 0. The van der Waals surface area contributed by atoms with Crippen LogP contribution in [0.4, 0.5) is 4.39 Å². The van der Waals surface area contributed by atoms with E-state index in [1.54, 1.807) is 12.1 Å². The summed E-state index contributed by atoms with van der Waals surface area (Å²) < 4.78 is 18.0. The molecule has 4 nitrogen and oxygen atoms in total. The molecule has 0 radical (unpaired) electrons. The number of aromatic nitrogens is 1. The smallest absolute Gasteiger partial charge is 0.311 e. The fraction of sp³-hybridized carbons (Fsp3) is 0.143. The highest BCUT2D eigenvalue weighted by Gasteiger charge is 2.11. The minimum atomic E-state index is -0.548. The van der Waals surface area contributed by atoms with Crippen molar-refractivity contribution in [2.24, 2.45) is 0 Å². The molecule has 0 saturated carbocycles. The highest BCUT2D eigenvalue weighted by Crippen LogP contribution is 2.21. The first kappa shape index (κ1) is 13.0. The fourth-order valence-electron chi connectivity index (χ4n) is 1.61. The molecular weight excluding hydrogens is 249 g/mol. The molecular formula is C14H12FNO3. The second kappa shape index (κ2) is 5.48. The molecule has 0 fully saturated rings. The van der Waals surface area contributed by atoms with Crippen molar-refractivity contribution < 1.29 is 19.0 Å². The molecule has 1 heterocycles. The number of phenolic OH excluding ortho intramolecular Hbond substituents is 1. The minimum absolute atomic E-state index is 0.0393. The van der Waals surface area contributed by atoms with Gasteiger partial charge in [0.2, 0.25) is 0 Å². The number of hydrogen-bond acceptors (Lipinski definition) is 4. The van der Waals surface area contributed by atoms with Crippen molar-refractivity contribution in [3.8, 4) is 17.0 Å². The normalized spacial score (nSPS) is 10.2. The van der Waals surface area contributed by atoms with Gasteiger partial charge in [-0.2, -0.15) is 0 Å². The predicted octanol–water partition coefficient (Wildman–Crippen LogP) is 2.31. The van der Waals surface area contributed by atoms with Gasteiger partial charge in [-0.3, -0.25) is 4.79 Å². The van der Waals surface area contributed by atoms with E-state index in [1.807, 2.05) is 0 Å². The molecule has 1 N–H and O–H groups in total. The summed E-state index contributed by atoms with van der Waals surface area (Å²) in [5, 5.41) is 9.21. The fourth-order valence-corrected chi connectivity index (χ4v) is 1.61. The van der Waals surface area contributed by atoms with E-state index in [0.29, 0.717) is 5.69 Å². The Morgan fingerprint density at radius 2 is 1.95 bits per heavy atom. The van der Waals surface area contributed by atoms with Gasteiger partial charge in [0.15, 0.2) is 0 Å². The SMILES string of the molecule is COC(=O)Cc1nc(-c2ccc(O)cc2)ccc1F. The number of halogens is 1. The summed E-state index contributed by atoms with van der Waals surface area (Å²) in [7, 11) is 1.24. The predicted molar refractivity (Wildman–Crippen MR) is 67.0 cm³/mol. The number of phenols is 1. The number of carbonyl (C=O) groups is 1. The van der Waals surface area contributed by atoms with E-state index in [2.05, 4.69) is 9.72 Å². The van der Waals surface area contributed by atoms with E-state index in [4.69, 9.17) is 0 Å². The van der Waals surface area contributed by atoms with E-state index in [1.165, 1.54) is 31.4 Å². The van der Waals surface area contributed by atoms with Crippen molar-refractivity contribution in [3.05, 3.63) is 47.9 Å². The van der Waals surface area contributed by atoms with Crippen molar-refractivity contribution in [1.29, 1.82) is 0 Å². The molecule has 19 heavy (non-hydrogen) atoms. The van der Waals surface area contributed by atoms with E-state index < -0.39 is 11.8 Å². The van der Waals surface area contributed by atoms with Gasteiger partial charge in [0.25, 0.3) is 0 Å². The van der Waals surface area contributed by atoms with Crippen LogP contribution < -0.4 is 0 Å². The number of benzene rings is 1. The molecule has 98 valence electrons. The molecule has 5 heteroatoms. The molecule has 0 amide bonds. The number of pyridine rings is 1. The van der Waals surface area contributed by atoms with Gasteiger partial charge < -0.3 is 9.84 Å². The molecule has 0 saturated heterocycles. The first-order valence-corrected chi connectivity index (χ1v) is 5.62. The molecule has 0 aliphatic rings. The van der Waals surface area contributed by atoms with Gasteiger partial charge in [-0.05, 0) is 36.4 Å². The summed E-state index contributed by atoms with van der Waals surface area (Å²) in [6, 6.07) is 9.13. The van der Waals surface area contributed by atoms with Crippen molar-refractivity contribution in [2.45, 2.75) is 6.42 Å². The lowest BCUT2D eigenvalue weighted by Gasteiger charge is -2.05. The maximum atomic E-state index is 13.5. The number of hydrogen-bond donors (Lipinski definition) is 1. The molecule has 0 aliphatic heterocycles. The van der Waals surface area contributed by atoms with Crippen LogP contribution in [0.15, 0.2) is 36.4 Å². The third kappa shape index (κ3) is 3.07. The van der Waals surface area contributed by atoms with Gasteiger partial charge in [0, 0.05) is 5.56 Å². The van der Waals surface area contributed by atoms with E-state index in [9.17, 15) is 14.3 Å². The number of ether oxygens (including phenoxy) is 1. The van der Waals surface area contributed by atoms with Crippen LogP contribution >= 0.6 is 0 Å².